The van der Waals surface area contributed by atoms with E-state index in [9.17, 15) is 13.2 Å². The summed E-state index contributed by atoms with van der Waals surface area (Å²) in [5, 5.41) is 3.13. The summed E-state index contributed by atoms with van der Waals surface area (Å²) in [6.45, 7) is 4.57. The van der Waals surface area contributed by atoms with Crippen LogP contribution in [0, 0.1) is 0 Å². The lowest BCUT2D eigenvalue weighted by Gasteiger charge is -2.10. The van der Waals surface area contributed by atoms with Crippen molar-refractivity contribution in [1.29, 1.82) is 0 Å². The van der Waals surface area contributed by atoms with Crippen LogP contribution in [0.25, 0.3) is 11.3 Å². The van der Waals surface area contributed by atoms with Crippen LogP contribution < -0.4 is 5.32 Å². The highest BCUT2D eigenvalue weighted by Crippen LogP contribution is 2.37. The number of hydrogen-bond acceptors (Lipinski definition) is 3. The molecule has 0 fully saturated rings. The SMILES string of the molecule is CCNC(C)c1ncc(-c2ccc(Br)c(C(F)(F)F)c2)o1. The minimum Gasteiger partial charge on any atom is -0.439 e. The van der Waals surface area contributed by atoms with Gasteiger partial charge < -0.3 is 9.73 Å². The zero-order valence-electron chi connectivity index (χ0n) is 11.5. The topological polar surface area (TPSA) is 38.1 Å². The quantitative estimate of drug-likeness (QED) is 0.849. The molecule has 1 unspecified atom stereocenters. The standard InChI is InChI=1S/C14H14BrF3N2O/c1-3-19-8(2)13-20-7-12(21-13)9-4-5-11(15)10(6-9)14(16,17)18/h4-8,19H,3H2,1-2H3. The lowest BCUT2D eigenvalue weighted by Crippen LogP contribution is -2.17. The molecule has 1 heterocycles. The molecule has 1 aromatic carbocycles. The van der Waals surface area contributed by atoms with E-state index in [1.807, 2.05) is 13.8 Å². The van der Waals surface area contributed by atoms with Gasteiger partial charge in [0.1, 0.15) is 0 Å². The summed E-state index contributed by atoms with van der Waals surface area (Å²) in [4.78, 5) is 4.10. The molecule has 0 aliphatic carbocycles. The second-order valence-corrected chi connectivity index (χ2v) is 5.39. The molecule has 2 aromatic rings. The molecule has 0 aliphatic rings. The second-order valence-electron chi connectivity index (χ2n) is 4.53. The first-order valence-electron chi connectivity index (χ1n) is 6.39. The average molecular weight is 363 g/mol. The fourth-order valence-electron chi connectivity index (χ4n) is 1.91. The number of alkyl halides is 3. The summed E-state index contributed by atoms with van der Waals surface area (Å²) in [5.74, 6) is 0.760. The normalized spacial score (nSPS) is 13.4. The van der Waals surface area contributed by atoms with Crippen LogP contribution >= 0.6 is 15.9 Å². The van der Waals surface area contributed by atoms with Gasteiger partial charge in [-0.2, -0.15) is 13.2 Å². The molecule has 0 bridgehead atoms. The molecule has 21 heavy (non-hydrogen) atoms. The Balaban J connectivity index is 2.35. The third-order valence-corrected chi connectivity index (χ3v) is 3.65. The molecule has 1 N–H and O–H groups in total. The van der Waals surface area contributed by atoms with Crippen molar-refractivity contribution in [2.45, 2.75) is 26.1 Å². The number of rotatable bonds is 4. The first-order chi connectivity index (χ1) is 9.82. The van der Waals surface area contributed by atoms with E-state index in [1.165, 1.54) is 12.3 Å². The van der Waals surface area contributed by atoms with Gasteiger partial charge in [0.05, 0.1) is 17.8 Å². The maximum absolute atomic E-state index is 12.9. The Bertz CT molecular complexity index is 625. The molecule has 0 saturated heterocycles. The number of benzene rings is 1. The lowest BCUT2D eigenvalue weighted by molar-refractivity contribution is -0.138. The molecule has 114 valence electrons. The van der Waals surface area contributed by atoms with E-state index in [4.69, 9.17) is 4.42 Å². The summed E-state index contributed by atoms with van der Waals surface area (Å²) >= 11 is 2.91. The van der Waals surface area contributed by atoms with E-state index in [-0.39, 0.29) is 10.5 Å². The Morgan fingerprint density at radius 1 is 1.38 bits per heavy atom. The first kappa shape index (κ1) is 16.0. The van der Waals surface area contributed by atoms with Crippen molar-refractivity contribution in [2.24, 2.45) is 0 Å². The largest absolute Gasteiger partial charge is 0.439 e. The van der Waals surface area contributed by atoms with Crippen molar-refractivity contribution >= 4 is 15.9 Å². The minimum atomic E-state index is -4.42. The highest BCUT2D eigenvalue weighted by molar-refractivity contribution is 9.10. The number of aromatic nitrogens is 1. The molecule has 0 amide bonds. The van der Waals surface area contributed by atoms with Gasteiger partial charge in [-0.25, -0.2) is 4.98 Å². The van der Waals surface area contributed by atoms with Crippen LogP contribution in [0.4, 0.5) is 13.2 Å². The van der Waals surface area contributed by atoms with Crippen LogP contribution in [-0.4, -0.2) is 11.5 Å². The van der Waals surface area contributed by atoms with Crippen molar-refractivity contribution in [3.05, 3.63) is 40.3 Å². The van der Waals surface area contributed by atoms with Crippen molar-refractivity contribution in [3.63, 3.8) is 0 Å². The van der Waals surface area contributed by atoms with Crippen LogP contribution in [0.5, 0.6) is 0 Å². The molecule has 7 heteroatoms. The number of hydrogen-bond donors (Lipinski definition) is 1. The fourth-order valence-corrected chi connectivity index (χ4v) is 2.38. The van der Waals surface area contributed by atoms with Crippen molar-refractivity contribution in [3.8, 4) is 11.3 Å². The van der Waals surface area contributed by atoms with Gasteiger partial charge in [0.25, 0.3) is 0 Å². The second kappa shape index (κ2) is 6.19. The molecule has 0 spiro atoms. The van der Waals surface area contributed by atoms with E-state index in [0.29, 0.717) is 17.2 Å². The predicted octanol–water partition coefficient (Wildman–Crippen LogP) is 4.79. The van der Waals surface area contributed by atoms with Gasteiger partial charge in [-0.15, -0.1) is 0 Å². The minimum absolute atomic E-state index is 0.000457. The third-order valence-electron chi connectivity index (χ3n) is 2.96. The van der Waals surface area contributed by atoms with Gasteiger partial charge in [-0.1, -0.05) is 28.9 Å². The van der Waals surface area contributed by atoms with E-state index >= 15 is 0 Å². The van der Waals surface area contributed by atoms with Crippen molar-refractivity contribution in [2.75, 3.05) is 6.54 Å². The highest BCUT2D eigenvalue weighted by Gasteiger charge is 2.33. The van der Waals surface area contributed by atoms with E-state index in [0.717, 1.165) is 12.6 Å². The zero-order chi connectivity index (χ0) is 15.6. The van der Waals surface area contributed by atoms with Gasteiger partial charge in [-0.05, 0) is 25.6 Å². The molecule has 0 aliphatic heterocycles. The molecule has 0 saturated carbocycles. The Hall–Kier alpha value is -1.34. The highest BCUT2D eigenvalue weighted by atomic mass is 79.9. The maximum Gasteiger partial charge on any atom is 0.417 e. The van der Waals surface area contributed by atoms with Crippen LogP contribution in [-0.2, 0) is 6.18 Å². The first-order valence-corrected chi connectivity index (χ1v) is 7.18. The predicted molar refractivity (Wildman–Crippen MR) is 76.7 cm³/mol. The van der Waals surface area contributed by atoms with Gasteiger partial charge in [0, 0.05) is 10.0 Å². The third kappa shape index (κ3) is 3.65. The summed E-state index contributed by atoms with van der Waals surface area (Å²) < 4.78 is 44.2. The van der Waals surface area contributed by atoms with Crippen LogP contribution in [0.3, 0.4) is 0 Å². The Kier molecular flexibility index (Phi) is 4.73. The smallest absolute Gasteiger partial charge is 0.417 e. The van der Waals surface area contributed by atoms with E-state index in [2.05, 4.69) is 26.2 Å². The molecule has 3 nitrogen and oxygen atoms in total. The number of halogens is 4. The van der Waals surface area contributed by atoms with E-state index < -0.39 is 11.7 Å². The van der Waals surface area contributed by atoms with E-state index in [1.54, 1.807) is 6.07 Å². The summed E-state index contributed by atoms with van der Waals surface area (Å²) in [6, 6.07) is 3.86. The van der Waals surface area contributed by atoms with Gasteiger partial charge in [0.15, 0.2) is 5.76 Å². The Labute approximate surface area is 128 Å². The fraction of sp³-hybridized carbons (Fsp3) is 0.357. The van der Waals surface area contributed by atoms with Crippen LogP contribution in [0.2, 0.25) is 0 Å². The Morgan fingerprint density at radius 3 is 2.71 bits per heavy atom. The average Bonchev–Trinajstić information content (AvgIpc) is 2.88. The molecule has 2 rings (SSSR count). The van der Waals surface area contributed by atoms with Crippen LogP contribution in [0.15, 0.2) is 33.3 Å². The molecule has 1 atom stereocenters. The zero-order valence-corrected chi connectivity index (χ0v) is 13.0. The summed E-state index contributed by atoms with van der Waals surface area (Å²) in [6.07, 6.45) is -2.98. The molecule has 0 radical (unpaired) electrons. The van der Waals surface area contributed by atoms with Crippen LogP contribution in [0.1, 0.15) is 31.3 Å². The molecular weight excluding hydrogens is 349 g/mol. The van der Waals surface area contributed by atoms with Gasteiger partial charge >= 0.3 is 6.18 Å². The Morgan fingerprint density at radius 2 is 2.10 bits per heavy atom. The maximum atomic E-state index is 12.9. The lowest BCUT2D eigenvalue weighted by atomic mass is 10.1. The van der Waals surface area contributed by atoms with Gasteiger partial charge in [-0.3, -0.25) is 0 Å². The monoisotopic (exact) mass is 362 g/mol. The summed E-state index contributed by atoms with van der Waals surface area (Å²) in [7, 11) is 0. The van der Waals surface area contributed by atoms with Crippen molar-refractivity contribution in [1.82, 2.24) is 10.3 Å². The molecule has 1 aromatic heterocycles. The summed E-state index contributed by atoms with van der Waals surface area (Å²) in [5.41, 5.74) is -0.398. The number of nitrogens with one attached hydrogen (secondary N) is 1. The number of oxazole rings is 1. The van der Waals surface area contributed by atoms with Crippen molar-refractivity contribution < 1.29 is 17.6 Å². The molecular formula is C14H14BrF3N2O. The number of nitrogens with zero attached hydrogens (tertiary/aromatic N) is 1. The van der Waals surface area contributed by atoms with Gasteiger partial charge in [0.2, 0.25) is 5.89 Å².